The number of hydrogen-bond donors (Lipinski definition) is 3. The lowest BCUT2D eigenvalue weighted by molar-refractivity contribution is -0.122. The Hall–Kier alpha value is -4.39. The number of rotatable bonds is 6. The average molecular weight is 503 g/mol. The van der Waals surface area contributed by atoms with E-state index in [1.54, 1.807) is 39.5 Å². The molecule has 1 aromatic carbocycles. The van der Waals surface area contributed by atoms with Gasteiger partial charge in [-0.25, -0.2) is 14.6 Å². The molecule has 0 atom stereocenters. The minimum atomic E-state index is -4.52. The summed E-state index contributed by atoms with van der Waals surface area (Å²) in [6, 6.07) is 9.92. The van der Waals surface area contributed by atoms with E-state index >= 15 is 0 Å². The molecule has 0 aliphatic rings. The van der Waals surface area contributed by atoms with Gasteiger partial charge in [-0.2, -0.15) is 13.2 Å². The molecule has 4 rings (SSSR count). The highest BCUT2D eigenvalue weighted by atomic mass is 32.1. The second-order valence-electron chi connectivity index (χ2n) is 7.16. The van der Waals surface area contributed by atoms with E-state index in [-0.39, 0.29) is 21.9 Å². The number of nitrogens with one attached hydrogen (secondary N) is 2. The number of nitrogens with two attached hydrogens (primary N) is 1. The Morgan fingerprint density at radius 3 is 2.69 bits per heavy atom. The summed E-state index contributed by atoms with van der Waals surface area (Å²) >= 11 is 1.06. The number of pyridine rings is 1. The number of halogens is 3. The van der Waals surface area contributed by atoms with Crippen molar-refractivity contribution in [2.75, 3.05) is 11.9 Å². The number of ether oxygens (including phenoxy) is 1. The Morgan fingerprint density at radius 2 is 1.94 bits per heavy atom. The van der Waals surface area contributed by atoms with Crippen LogP contribution < -0.4 is 21.1 Å². The van der Waals surface area contributed by atoms with Crippen molar-refractivity contribution < 1.29 is 32.3 Å². The zero-order chi connectivity index (χ0) is 25.2. The number of carbonyl (C=O) groups excluding carboxylic acids is 3. The van der Waals surface area contributed by atoms with Gasteiger partial charge in [-0.05, 0) is 35.7 Å². The first-order valence-electron chi connectivity index (χ1n) is 9.89. The summed E-state index contributed by atoms with van der Waals surface area (Å²) in [5.41, 5.74) is 7.37. The molecule has 180 valence electrons. The van der Waals surface area contributed by atoms with E-state index in [1.807, 2.05) is 0 Å². The van der Waals surface area contributed by atoms with Gasteiger partial charge in [-0.15, -0.1) is 11.3 Å². The van der Waals surface area contributed by atoms with Gasteiger partial charge in [0.1, 0.15) is 17.1 Å². The number of esters is 1. The quantitative estimate of drug-likeness (QED) is 0.342. The van der Waals surface area contributed by atoms with Crippen LogP contribution in [0.2, 0.25) is 0 Å². The molecular formula is C22H16F3N5O4S. The molecule has 3 amide bonds. The molecule has 0 unspecified atom stereocenters. The van der Waals surface area contributed by atoms with Crippen LogP contribution in [0.3, 0.4) is 0 Å². The highest BCUT2D eigenvalue weighted by Gasteiger charge is 2.27. The molecular weight excluding hydrogens is 487 g/mol. The smallest absolute Gasteiger partial charge is 0.405 e. The monoisotopic (exact) mass is 503 g/mol. The number of hydrogen-bond acceptors (Lipinski definition) is 6. The second kappa shape index (κ2) is 9.46. The van der Waals surface area contributed by atoms with Crippen molar-refractivity contribution in [2.24, 2.45) is 5.73 Å². The van der Waals surface area contributed by atoms with Crippen molar-refractivity contribution >= 4 is 40.6 Å². The summed E-state index contributed by atoms with van der Waals surface area (Å²) in [6.07, 6.45) is -1.39. The number of imidazole rings is 1. The van der Waals surface area contributed by atoms with Crippen LogP contribution in [-0.4, -0.2) is 40.0 Å². The number of thiophene rings is 1. The van der Waals surface area contributed by atoms with Crippen LogP contribution in [0.25, 0.3) is 16.9 Å². The SMILES string of the molecule is NC(=O)c1sccc1OC(=O)c1ccn2c(-c3cccc(NC(=O)NCC(F)(F)F)c3)cnc2c1. The molecule has 0 aliphatic carbocycles. The van der Waals surface area contributed by atoms with Gasteiger partial charge in [0.05, 0.1) is 17.5 Å². The molecule has 0 aliphatic heterocycles. The lowest BCUT2D eigenvalue weighted by Gasteiger charge is -2.11. The number of aromatic nitrogens is 2. The van der Waals surface area contributed by atoms with Crippen molar-refractivity contribution in [1.82, 2.24) is 14.7 Å². The highest BCUT2D eigenvalue weighted by molar-refractivity contribution is 7.12. The number of urea groups is 1. The molecule has 3 aromatic heterocycles. The molecule has 4 aromatic rings. The maximum Gasteiger partial charge on any atom is 0.405 e. The number of nitrogens with zero attached hydrogens (tertiary/aromatic N) is 2. The van der Waals surface area contributed by atoms with Gasteiger partial charge in [0.15, 0.2) is 5.75 Å². The van der Waals surface area contributed by atoms with E-state index in [0.717, 1.165) is 11.3 Å². The molecule has 9 nitrogen and oxygen atoms in total. The molecule has 0 saturated carbocycles. The Bertz CT molecular complexity index is 1430. The fourth-order valence-corrected chi connectivity index (χ4v) is 3.82. The number of benzene rings is 1. The summed E-state index contributed by atoms with van der Waals surface area (Å²) in [4.78, 5) is 40.1. The first-order valence-corrected chi connectivity index (χ1v) is 10.8. The van der Waals surface area contributed by atoms with Gasteiger partial charge in [-0.1, -0.05) is 12.1 Å². The van der Waals surface area contributed by atoms with Crippen LogP contribution in [-0.2, 0) is 0 Å². The third kappa shape index (κ3) is 5.58. The molecule has 0 radical (unpaired) electrons. The van der Waals surface area contributed by atoms with Gasteiger partial charge in [0.25, 0.3) is 5.91 Å². The zero-order valence-electron chi connectivity index (χ0n) is 17.6. The van der Waals surface area contributed by atoms with E-state index < -0.39 is 30.6 Å². The third-order valence-electron chi connectivity index (χ3n) is 4.67. The summed E-state index contributed by atoms with van der Waals surface area (Å²) in [7, 11) is 0. The Kier molecular flexibility index (Phi) is 6.42. The van der Waals surface area contributed by atoms with Crippen LogP contribution in [0.5, 0.6) is 5.75 Å². The third-order valence-corrected chi connectivity index (χ3v) is 5.58. The predicted octanol–water partition coefficient (Wildman–Crippen LogP) is 4.06. The normalized spacial score (nSPS) is 11.3. The van der Waals surface area contributed by atoms with Crippen molar-refractivity contribution in [1.29, 1.82) is 0 Å². The number of alkyl halides is 3. The molecule has 0 fully saturated rings. The number of fused-ring (bicyclic) bond motifs is 1. The standard InChI is InChI=1S/C22H16F3N5O4S/c23-22(24,25)11-28-21(33)29-14-3-1-2-12(8-14)15-10-27-17-9-13(4-6-30(15)17)20(32)34-16-5-7-35-18(16)19(26)31/h1-10H,11H2,(H2,26,31)(H2,28,29,33). The van der Waals surface area contributed by atoms with E-state index in [1.165, 1.54) is 30.5 Å². The second-order valence-corrected chi connectivity index (χ2v) is 8.07. The van der Waals surface area contributed by atoms with Gasteiger partial charge in [0, 0.05) is 17.4 Å². The maximum absolute atomic E-state index is 12.5. The van der Waals surface area contributed by atoms with Gasteiger partial charge >= 0.3 is 18.2 Å². The van der Waals surface area contributed by atoms with Gasteiger partial charge in [-0.3, -0.25) is 9.20 Å². The minimum absolute atomic E-state index is 0.0694. The Labute approximate surface area is 199 Å². The Morgan fingerprint density at radius 1 is 1.14 bits per heavy atom. The van der Waals surface area contributed by atoms with Crippen LogP contribution in [0.15, 0.2) is 60.2 Å². The topological polar surface area (TPSA) is 128 Å². The predicted molar refractivity (Wildman–Crippen MR) is 121 cm³/mol. The first kappa shape index (κ1) is 23.8. The van der Waals surface area contributed by atoms with Crippen LogP contribution in [0.4, 0.5) is 23.7 Å². The molecule has 35 heavy (non-hydrogen) atoms. The summed E-state index contributed by atoms with van der Waals surface area (Å²) in [5, 5.41) is 5.66. The van der Waals surface area contributed by atoms with E-state index in [9.17, 15) is 27.6 Å². The molecule has 4 N–H and O–H groups in total. The average Bonchev–Trinajstić information content (AvgIpc) is 3.44. The summed E-state index contributed by atoms with van der Waals surface area (Å²) < 4.78 is 43.8. The fourth-order valence-electron chi connectivity index (χ4n) is 3.15. The van der Waals surface area contributed by atoms with Crippen molar-refractivity contribution in [3.8, 4) is 17.0 Å². The van der Waals surface area contributed by atoms with Crippen molar-refractivity contribution in [2.45, 2.75) is 6.18 Å². The largest absolute Gasteiger partial charge is 0.421 e. The minimum Gasteiger partial charge on any atom is -0.421 e. The number of carbonyl (C=O) groups is 3. The zero-order valence-corrected chi connectivity index (χ0v) is 18.4. The summed E-state index contributed by atoms with van der Waals surface area (Å²) in [6.45, 7) is -1.45. The Balaban J connectivity index is 1.52. The number of amides is 3. The van der Waals surface area contributed by atoms with Crippen molar-refractivity contribution in [3.63, 3.8) is 0 Å². The van der Waals surface area contributed by atoms with Gasteiger partial charge in [0.2, 0.25) is 0 Å². The van der Waals surface area contributed by atoms with Crippen LogP contribution >= 0.6 is 11.3 Å². The molecule has 0 saturated heterocycles. The number of primary amides is 1. The molecule has 13 heteroatoms. The maximum atomic E-state index is 12.5. The lowest BCUT2D eigenvalue weighted by atomic mass is 10.1. The molecule has 0 bridgehead atoms. The lowest BCUT2D eigenvalue weighted by Crippen LogP contribution is -2.36. The summed E-state index contributed by atoms with van der Waals surface area (Å²) in [5.74, 6) is -1.33. The van der Waals surface area contributed by atoms with E-state index in [0.29, 0.717) is 16.9 Å². The molecule has 3 heterocycles. The fraction of sp³-hybridized carbons (Fsp3) is 0.0909. The van der Waals surface area contributed by atoms with E-state index in [2.05, 4.69) is 10.3 Å². The number of anilines is 1. The van der Waals surface area contributed by atoms with Crippen molar-refractivity contribution in [3.05, 3.63) is 70.7 Å². The van der Waals surface area contributed by atoms with Crippen LogP contribution in [0.1, 0.15) is 20.0 Å². The van der Waals surface area contributed by atoms with E-state index in [4.69, 9.17) is 10.5 Å². The highest BCUT2D eigenvalue weighted by Crippen LogP contribution is 2.27. The van der Waals surface area contributed by atoms with Gasteiger partial charge < -0.3 is 21.1 Å². The molecule has 0 spiro atoms. The van der Waals surface area contributed by atoms with Crippen LogP contribution in [0, 0.1) is 0 Å². The first-order chi connectivity index (χ1) is 16.6.